The predicted molar refractivity (Wildman–Crippen MR) is 46.2 cm³/mol. The molecule has 2 aliphatic heterocycles. The molecule has 1 N–H and O–H groups in total. The van der Waals surface area contributed by atoms with Crippen molar-refractivity contribution in [2.75, 3.05) is 13.7 Å². The van der Waals surface area contributed by atoms with Gasteiger partial charge < -0.3 is 14.7 Å². The highest BCUT2D eigenvalue weighted by Crippen LogP contribution is 2.34. The second kappa shape index (κ2) is 3.24. The molecule has 5 nitrogen and oxygen atoms in total. The Morgan fingerprint density at radius 3 is 3.00 bits per heavy atom. The lowest BCUT2D eigenvalue weighted by Crippen LogP contribution is -2.33. The number of aliphatic hydroxyl groups excluding tert-OH is 1. The number of esters is 1. The van der Waals surface area contributed by atoms with Gasteiger partial charge in [0.2, 0.25) is 0 Å². The molecule has 1 amide bonds. The Hall–Kier alpha value is -1.10. The van der Waals surface area contributed by atoms with Gasteiger partial charge in [0, 0.05) is 12.6 Å². The van der Waals surface area contributed by atoms with Crippen LogP contribution in [0.1, 0.15) is 12.8 Å². The van der Waals surface area contributed by atoms with Crippen LogP contribution >= 0.6 is 0 Å². The molecule has 0 unspecified atom stereocenters. The lowest BCUT2D eigenvalue weighted by Gasteiger charge is -2.17. The minimum absolute atomic E-state index is 0.148. The molecular weight excluding hydrogens is 186 g/mol. The Morgan fingerprint density at radius 1 is 1.64 bits per heavy atom. The van der Waals surface area contributed by atoms with Crippen molar-refractivity contribution in [2.45, 2.75) is 25.0 Å². The fourth-order valence-corrected chi connectivity index (χ4v) is 2.40. The topological polar surface area (TPSA) is 66.8 Å². The maximum atomic E-state index is 11.5. The maximum Gasteiger partial charge on any atom is 0.313 e. The molecule has 2 rings (SSSR count). The summed E-state index contributed by atoms with van der Waals surface area (Å²) in [5.41, 5.74) is 0. The Morgan fingerprint density at radius 2 is 2.36 bits per heavy atom. The number of methoxy groups -OCH3 is 1. The summed E-state index contributed by atoms with van der Waals surface area (Å²) >= 11 is 0. The van der Waals surface area contributed by atoms with Gasteiger partial charge in [-0.25, -0.2) is 0 Å². The minimum atomic E-state index is -1.20. The van der Waals surface area contributed by atoms with E-state index < -0.39 is 18.0 Å². The molecule has 0 aliphatic carbocycles. The van der Waals surface area contributed by atoms with Crippen LogP contribution in [0.15, 0.2) is 0 Å². The molecule has 2 saturated heterocycles. The first kappa shape index (κ1) is 9.45. The van der Waals surface area contributed by atoms with Crippen LogP contribution in [0.2, 0.25) is 0 Å². The van der Waals surface area contributed by atoms with Gasteiger partial charge in [0.25, 0.3) is 5.91 Å². The monoisotopic (exact) mass is 199 g/mol. The van der Waals surface area contributed by atoms with Crippen molar-refractivity contribution in [1.82, 2.24) is 4.90 Å². The number of hydrogen-bond donors (Lipinski definition) is 1. The minimum Gasteiger partial charge on any atom is -0.469 e. The van der Waals surface area contributed by atoms with Crippen molar-refractivity contribution in [1.29, 1.82) is 0 Å². The number of rotatable bonds is 1. The molecule has 3 atom stereocenters. The molecule has 2 fully saturated rings. The van der Waals surface area contributed by atoms with Gasteiger partial charge >= 0.3 is 5.97 Å². The van der Waals surface area contributed by atoms with Crippen LogP contribution in [0, 0.1) is 5.92 Å². The third-order valence-electron chi connectivity index (χ3n) is 3.06. The van der Waals surface area contributed by atoms with Gasteiger partial charge in [0.1, 0.15) is 12.0 Å². The van der Waals surface area contributed by atoms with Gasteiger partial charge in [-0.15, -0.1) is 0 Å². The predicted octanol–water partition coefficient (Wildman–Crippen LogP) is -0.859. The molecule has 0 radical (unpaired) electrons. The van der Waals surface area contributed by atoms with Gasteiger partial charge in [-0.3, -0.25) is 9.59 Å². The van der Waals surface area contributed by atoms with Crippen LogP contribution in [0.5, 0.6) is 0 Å². The van der Waals surface area contributed by atoms with Gasteiger partial charge in [0.15, 0.2) is 0 Å². The van der Waals surface area contributed by atoms with Gasteiger partial charge in [-0.05, 0) is 12.8 Å². The summed E-state index contributed by atoms with van der Waals surface area (Å²) < 4.78 is 4.58. The van der Waals surface area contributed by atoms with E-state index in [1.54, 1.807) is 4.90 Å². The molecule has 14 heavy (non-hydrogen) atoms. The molecule has 0 aromatic rings. The van der Waals surface area contributed by atoms with E-state index in [-0.39, 0.29) is 11.9 Å². The first-order valence-electron chi connectivity index (χ1n) is 4.73. The Bertz CT molecular complexity index is 278. The average Bonchev–Trinajstić information content (AvgIpc) is 2.72. The quantitative estimate of drug-likeness (QED) is 0.558. The largest absolute Gasteiger partial charge is 0.469 e. The molecule has 5 heteroatoms. The van der Waals surface area contributed by atoms with Crippen molar-refractivity contribution < 1.29 is 19.4 Å². The second-order valence-corrected chi connectivity index (χ2v) is 3.73. The summed E-state index contributed by atoms with van der Waals surface area (Å²) in [5, 5.41) is 9.57. The number of fused-ring (bicyclic) bond motifs is 1. The highest BCUT2D eigenvalue weighted by molar-refractivity contribution is 5.91. The fraction of sp³-hybridized carbons (Fsp3) is 0.778. The third kappa shape index (κ3) is 1.12. The van der Waals surface area contributed by atoms with Crippen LogP contribution < -0.4 is 0 Å². The van der Waals surface area contributed by atoms with Crippen LogP contribution in [0.4, 0.5) is 0 Å². The molecule has 2 heterocycles. The van der Waals surface area contributed by atoms with Crippen molar-refractivity contribution >= 4 is 11.9 Å². The van der Waals surface area contributed by atoms with E-state index in [0.29, 0.717) is 6.54 Å². The van der Waals surface area contributed by atoms with E-state index in [1.165, 1.54) is 7.11 Å². The Kier molecular flexibility index (Phi) is 2.19. The maximum absolute atomic E-state index is 11.5. The lowest BCUT2D eigenvalue weighted by atomic mass is 9.96. The number of aliphatic hydroxyl groups is 1. The zero-order valence-electron chi connectivity index (χ0n) is 7.97. The van der Waals surface area contributed by atoms with E-state index in [4.69, 9.17) is 0 Å². The highest BCUT2D eigenvalue weighted by atomic mass is 16.5. The summed E-state index contributed by atoms with van der Waals surface area (Å²) in [6.07, 6.45) is 0.479. The van der Waals surface area contributed by atoms with Crippen LogP contribution in [0.3, 0.4) is 0 Å². The van der Waals surface area contributed by atoms with Gasteiger partial charge in [-0.2, -0.15) is 0 Å². The van der Waals surface area contributed by atoms with E-state index >= 15 is 0 Å². The number of hydrogen-bond acceptors (Lipinski definition) is 4. The van der Waals surface area contributed by atoms with Gasteiger partial charge in [-0.1, -0.05) is 0 Å². The Balaban J connectivity index is 2.24. The zero-order chi connectivity index (χ0) is 10.3. The highest BCUT2D eigenvalue weighted by Gasteiger charge is 2.53. The molecule has 0 bridgehead atoms. The SMILES string of the molecule is COC(=O)[C@H]1[C@H](O)C(=O)N2CCC[C@H]12. The van der Waals surface area contributed by atoms with E-state index in [0.717, 1.165) is 12.8 Å². The molecule has 78 valence electrons. The first-order valence-corrected chi connectivity index (χ1v) is 4.73. The fourth-order valence-electron chi connectivity index (χ4n) is 2.40. The molecular formula is C9H13NO4. The first-order chi connectivity index (χ1) is 6.66. The number of nitrogens with zero attached hydrogens (tertiary/aromatic N) is 1. The molecule has 0 aromatic carbocycles. The molecule has 0 spiro atoms. The van der Waals surface area contributed by atoms with Crippen LogP contribution in [-0.4, -0.2) is 47.7 Å². The lowest BCUT2D eigenvalue weighted by molar-refractivity contribution is -0.150. The van der Waals surface area contributed by atoms with Crippen molar-refractivity contribution in [2.24, 2.45) is 5.92 Å². The van der Waals surface area contributed by atoms with E-state index in [9.17, 15) is 14.7 Å². The molecule has 2 aliphatic rings. The molecule has 0 aromatic heterocycles. The van der Waals surface area contributed by atoms with E-state index in [2.05, 4.69) is 4.74 Å². The third-order valence-corrected chi connectivity index (χ3v) is 3.06. The number of ether oxygens (including phenoxy) is 1. The second-order valence-electron chi connectivity index (χ2n) is 3.73. The van der Waals surface area contributed by atoms with Crippen molar-refractivity contribution in [3.8, 4) is 0 Å². The number of carbonyl (C=O) groups excluding carboxylic acids is 2. The molecule has 0 saturated carbocycles. The van der Waals surface area contributed by atoms with E-state index in [1.807, 2.05) is 0 Å². The number of amides is 1. The summed E-state index contributed by atoms with van der Waals surface area (Å²) in [7, 11) is 1.27. The van der Waals surface area contributed by atoms with Gasteiger partial charge in [0.05, 0.1) is 7.11 Å². The summed E-state index contributed by atoms with van der Waals surface area (Å²) in [4.78, 5) is 24.4. The van der Waals surface area contributed by atoms with Crippen molar-refractivity contribution in [3.63, 3.8) is 0 Å². The van der Waals surface area contributed by atoms with Crippen LogP contribution in [0.25, 0.3) is 0 Å². The van der Waals surface area contributed by atoms with Crippen LogP contribution in [-0.2, 0) is 14.3 Å². The standard InChI is InChI=1S/C9H13NO4/c1-14-9(13)6-5-3-2-4-10(5)8(12)7(6)11/h5-7,11H,2-4H2,1H3/t5-,6-,7+/m1/s1. The number of carbonyl (C=O) groups is 2. The smallest absolute Gasteiger partial charge is 0.313 e. The summed E-state index contributed by atoms with van der Waals surface area (Å²) in [6.45, 7) is 0.647. The Labute approximate surface area is 81.6 Å². The summed E-state index contributed by atoms with van der Waals surface area (Å²) in [5.74, 6) is -1.50. The average molecular weight is 199 g/mol. The normalized spacial score (nSPS) is 36.0. The van der Waals surface area contributed by atoms with Crippen molar-refractivity contribution in [3.05, 3.63) is 0 Å². The zero-order valence-corrected chi connectivity index (χ0v) is 7.97. The summed E-state index contributed by atoms with van der Waals surface area (Å²) in [6, 6.07) is -0.148.